The molecule has 2 N–H and O–H groups in total. The van der Waals surface area contributed by atoms with Crippen molar-refractivity contribution in [3.8, 4) is 0 Å². The van der Waals surface area contributed by atoms with Gasteiger partial charge in [0.2, 0.25) is 0 Å². The van der Waals surface area contributed by atoms with E-state index in [1.165, 1.54) is 19.3 Å². The Morgan fingerprint density at radius 2 is 2.00 bits per heavy atom. The minimum atomic E-state index is 0.314. The fourth-order valence-corrected chi connectivity index (χ4v) is 2.84. The van der Waals surface area contributed by atoms with Crippen molar-refractivity contribution >= 4 is 0 Å². The molecule has 2 unspecified atom stereocenters. The molecule has 0 radical (unpaired) electrons. The van der Waals surface area contributed by atoms with Gasteiger partial charge in [0, 0.05) is 18.6 Å². The van der Waals surface area contributed by atoms with E-state index in [-0.39, 0.29) is 0 Å². The molecule has 0 aromatic rings. The average molecular weight is 212 g/mol. The highest BCUT2D eigenvalue weighted by Crippen LogP contribution is 2.36. The van der Waals surface area contributed by atoms with Crippen molar-refractivity contribution in [3.63, 3.8) is 0 Å². The van der Waals surface area contributed by atoms with E-state index in [0.29, 0.717) is 17.5 Å². The molecule has 2 nitrogen and oxygen atoms in total. The topological polar surface area (TPSA) is 29.3 Å². The number of rotatable bonds is 3. The smallest absolute Gasteiger partial charge is 0.0249 e. The maximum atomic E-state index is 6.39. The third-order valence-corrected chi connectivity index (χ3v) is 3.86. The molecule has 0 aromatic carbocycles. The van der Waals surface area contributed by atoms with E-state index in [1.807, 2.05) is 0 Å². The van der Waals surface area contributed by atoms with Gasteiger partial charge in [-0.3, -0.25) is 0 Å². The summed E-state index contributed by atoms with van der Waals surface area (Å²) >= 11 is 0. The third-order valence-electron chi connectivity index (χ3n) is 3.86. The minimum Gasteiger partial charge on any atom is -0.326 e. The zero-order valence-corrected chi connectivity index (χ0v) is 11.1. The summed E-state index contributed by atoms with van der Waals surface area (Å²) in [5.74, 6) is 0.729. The summed E-state index contributed by atoms with van der Waals surface area (Å²) < 4.78 is 0. The Hall–Kier alpha value is -0.0800. The molecule has 0 spiro atoms. The van der Waals surface area contributed by atoms with Crippen LogP contribution in [0.25, 0.3) is 0 Å². The number of hydrogen-bond donors (Lipinski definition) is 1. The molecular formula is C13H28N2. The van der Waals surface area contributed by atoms with Crippen LogP contribution in [0.2, 0.25) is 0 Å². The molecule has 0 aliphatic heterocycles. The molecule has 1 aliphatic rings. The molecule has 1 fully saturated rings. The van der Waals surface area contributed by atoms with Gasteiger partial charge in [0.1, 0.15) is 0 Å². The molecule has 15 heavy (non-hydrogen) atoms. The highest BCUT2D eigenvalue weighted by atomic mass is 15.2. The number of nitrogens with two attached hydrogens (primary N) is 1. The van der Waals surface area contributed by atoms with Crippen molar-refractivity contribution in [2.45, 2.75) is 59.0 Å². The first-order chi connectivity index (χ1) is 6.84. The Labute approximate surface area is 95.2 Å². The van der Waals surface area contributed by atoms with Crippen LogP contribution >= 0.6 is 0 Å². The van der Waals surface area contributed by atoms with Crippen LogP contribution < -0.4 is 5.73 Å². The van der Waals surface area contributed by atoms with Gasteiger partial charge in [-0.15, -0.1) is 0 Å². The molecule has 0 saturated heterocycles. The van der Waals surface area contributed by atoms with Gasteiger partial charge in [0.05, 0.1) is 0 Å². The van der Waals surface area contributed by atoms with Gasteiger partial charge in [0.25, 0.3) is 0 Å². The molecule has 0 aromatic heterocycles. The van der Waals surface area contributed by atoms with E-state index < -0.39 is 0 Å². The molecule has 2 atom stereocenters. The first-order valence-electron chi connectivity index (χ1n) is 6.30. The van der Waals surface area contributed by atoms with E-state index in [0.717, 1.165) is 12.5 Å². The second-order valence-corrected chi connectivity index (χ2v) is 6.31. The number of nitrogens with zero attached hydrogens (tertiary/aromatic N) is 1. The SMILES string of the molecule is CC(C)CN(C)C1CCCC(C)(C)C1N. The second-order valence-electron chi connectivity index (χ2n) is 6.31. The Kier molecular flexibility index (Phi) is 4.19. The van der Waals surface area contributed by atoms with Gasteiger partial charge < -0.3 is 10.6 Å². The summed E-state index contributed by atoms with van der Waals surface area (Å²) in [7, 11) is 2.23. The lowest BCUT2D eigenvalue weighted by molar-refractivity contribution is 0.0779. The molecule has 1 saturated carbocycles. The van der Waals surface area contributed by atoms with Crippen molar-refractivity contribution in [1.82, 2.24) is 4.90 Å². The summed E-state index contributed by atoms with van der Waals surface area (Å²) in [4.78, 5) is 2.47. The highest BCUT2D eigenvalue weighted by molar-refractivity contribution is 4.95. The molecule has 2 heteroatoms. The first-order valence-corrected chi connectivity index (χ1v) is 6.30. The molecule has 0 amide bonds. The van der Waals surface area contributed by atoms with Crippen LogP contribution in [0.3, 0.4) is 0 Å². The lowest BCUT2D eigenvalue weighted by Gasteiger charge is -2.46. The standard InChI is InChI=1S/C13H28N2/c1-10(2)9-15(5)11-7-6-8-13(3,4)12(11)14/h10-12H,6-9,14H2,1-5H3. The van der Waals surface area contributed by atoms with Crippen molar-refractivity contribution in [2.75, 3.05) is 13.6 Å². The van der Waals surface area contributed by atoms with Gasteiger partial charge >= 0.3 is 0 Å². The summed E-state index contributed by atoms with van der Waals surface area (Å²) in [6, 6.07) is 0.908. The summed E-state index contributed by atoms with van der Waals surface area (Å²) in [6.07, 6.45) is 3.88. The number of hydrogen-bond acceptors (Lipinski definition) is 2. The lowest BCUT2D eigenvalue weighted by atomic mass is 9.71. The van der Waals surface area contributed by atoms with E-state index in [9.17, 15) is 0 Å². The zero-order valence-electron chi connectivity index (χ0n) is 11.1. The zero-order chi connectivity index (χ0) is 11.6. The monoisotopic (exact) mass is 212 g/mol. The fraction of sp³-hybridized carbons (Fsp3) is 1.00. The molecule has 1 aliphatic carbocycles. The molecule has 0 heterocycles. The first kappa shape index (κ1) is 13.0. The van der Waals surface area contributed by atoms with Gasteiger partial charge in [-0.2, -0.15) is 0 Å². The van der Waals surface area contributed by atoms with Gasteiger partial charge in [-0.05, 0) is 31.2 Å². The van der Waals surface area contributed by atoms with Crippen LogP contribution in [-0.4, -0.2) is 30.6 Å². The molecule has 90 valence electrons. The van der Waals surface area contributed by atoms with Crippen LogP contribution in [0.4, 0.5) is 0 Å². The summed E-state index contributed by atoms with van der Waals surface area (Å²) in [6.45, 7) is 10.3. The Morgan fingerprint density at radius 1 is 1.40 bits per heavy atom. The van der Waals surface area contributed by atoms with E-state index in [4.69, 9.17) is 5.73 Å². The predicted octanol–water partition coefficient (Wildman–Crippen LogP) is 2.48. The minimum absolute atomic E-state index is 0.314. The normalized spacial score (nSPS) is 31.2. The van der Waals surface area contributed by atoms with Crippen LogP contribution in [-0.2, 0) is 0 Å². The Morgan fingerprint density at radius 3 is 2.53 bits per heavy atom. The fourth-order valence-electron chi connectivity index (χ4n) is 2.84. The molecule has 0 bridgehead atoms. The van der Waals surface area contributed by atoms with Crippen molar-refractivity contribution in [3.05, 3.63) is 0 Å². The van der Waals surface area contributed by atoms with Crippen molar-refractivity contribution in [1.29, 1.82) is 0 Å². The van der Waals surface area contributed by atoms with E-state index in [1.54, 1.807) is 0 Å². The van der Waals surface area contributed by atoms with Crippen LogP contribution in [0.15, 0.2) is 0 Å². The number of likely N-dealkylation sites (N-methyl/N-ethyl adjacent to an activating group) is 1. The summed E-state index contributed by atoms with van der Waals surface area (Å²) in [5, 5.41) is 0. The third kappa shape index (κ3) is 3.18. The molecule has 1 rings (SSSR count). The van der Waals surface area contributed by atoms with E-state index >= 15 is 0 Å². The van der Waals surface area contributed by atoms with E-state index in [2.05, 4.69) is 39.6 Å². The largest absolute Gasteiger partial charge is 0.326 e. The quantitative estimate of drug-likeness (QED) is 0.779. The Balaban J connectivity index is 2.60. The Bertz CT molecular complexity index is 199. The highest BCUT2D eigenvalue weighted by Gasteiger charge is 2.38. The molecular weight excluding hydrogens is 184 g/mol. The van der Waals surface area contributed by atoms with Gasteiger partial charge in [-0.25, -0.2) is 0 Å². The van der Waals surface area contributed by atoms with Crippen molar-refractivity contribution in [2.24, 2.45) is 17.1 Å². The maximum Gasteiger partial charge on any atom is 0.0249 e. The van der Waals surface area contributed by atoms with Crippen LogP contribution in [0.5, 0.6) is 0 Å². The van der Waals surface area contributed by atoms with Crippen molar-refractivity contribution < 1.29 is 0 Å². The summed E-state index contributed by atoms with van der Waals surface area (Å²) in [5.41, 5.74) is 6.71. The average Bonchev–Trinajstić information content (AvgIpc) is 2.08. The van der Waals surface area contributed by atoms with Gasteiger partial charge in [-0.1, -0.05) is 34.1 Å². The van der Waals surface area contributed by atoms with Gasteiger partial charge in [0.15, 0.2) is 0 Å². The second kappa shape index (κ2) is 4.84. The maximum absolute atomic E-state index is 6.39. The predicted molar refractivity (Wildman–Crippen MR) is 66.9 cm³/mol. The van der Waals surface area contributed by atoms with Crippen LogP contribution in [0, 0.1) is 11.3 Å². The van der Waals surface area contributed by atoms with Crippen LogP contribution in [0.1, 0.15) is 47.0 Å². The lowest BCUT2D eigenvalue weighted by Crippen LogP contribution is -2.56.